The number of halogens is 1. The van der Waals surface area contributed by atoms with Crippen LogP contribution in [0.15, 0.2) is 18.2 Å². The molecule has 0 aromatic heterocycles. The van der Waals surface area contributed by atoms with Gasteiger partial charge < -0.3 is 9.84 Å². The summed E-state index contributed by atoms with van der Waals surface area (Å²) in [6, 6.07) is 3.07. The molecule has 1 N–H and O–H groups in total. The summed E-state index contributed by atoms with van der Waals surface area (Å²) in [6.45, 7) is 1.89. The average molecular weight is 283 g/mol. The molecule has 1 aliphatic rings. The normalized spacial score (nSPS) is 25.6. The van der Waals surface area contributed by atoms with Crippen LogP contribution in [0.2, 0.25) is 0 Å². The SMILES string of the molecule is CC1OCCC1(Cc1cc(F)ccc1[N+](=O)[O-])C(=O)O. The van der Waals surface area contributed by atoms with Crippen LogP contribution in [0.25, 0.3) is 0 Å². The van der Waals surface area contributed by atoms with E-state index in [2.05, 4.69) is 0 Å². The van der Waals surface area contributed by atoms with Gasteiger partial charge in [0.15, 0.2) is 0 Å². The highest BCUT2D eigenvalue weighted by Gasteiger charge is 2.49. The number of carboxylic acids is 1. The quantitative estimate of drug-likeness (QED) is 0.675. The average Bonchev–Trinajstić information content (AvgIpc) is 2.71. The van der Waals surface area contributed by atoms with Gasteiger partial charge in [-0.1, -0.05) is 0 Å². The molecule has 108 valence electrons. The number of nitro benzene ring substituents is 1. The molecule has 2 unspecified atom stereocenters. The maximum atomic E-state index is 13.3. The molecule has 1 fully saturated rings. The maximum Gasteiger partial charge on any atom is 0.312 e. The molecule has 0 spiro atoms. The standard InChI is InChI=1S/C13H14FNO5/c1-8-13(12(16)17,4-5-20-8)7-9-6-10(14)2-3-11(9)15(18)19/h2-3,6,8H,4-5,7H2,1H3,(H,16,17). The summed E-state index contributed by atoms with van der Waals surface area (Å²) in [6.07, 6.45) is -0.461. The Labute approximate surface area is 114 Å². The van der Waals surface area contributed by atoms with Crippen molar-refractivity contribution in [1.82, 2.24) is 0 Å². The summed E-state index contributed by atoms with van der Waals surface area (Å²) < 4.78 is 18.6. The summed E-state index contributed by atoms with van der Waals surface area (Å²) in [5.74, 6) is -1.71. The van der Waals surface area contributed by atoms with Crippen LogP contribution >= 0.6 is 0 Å². The van der Waals surface area contributed by atoms with Crippen molar-refractivity contribution in [1.29, 1.82) is 0 Å². The van der Waals surface area contributed by atoms with E-state index in [1.54, 1.807) is 6.92 Å². The molecule has 1 aromatic carbocycles. The topological polar surface area (TPSA) is 89.7 Å². The largest absolute Gasteiger partial charge is 0.481 e. The summed E-state index contributed by atoms with van der Waals surface area (Å²) >= 11 is 0. The van der Waals surface area contributed by atoms with Crippen molar-refractivity contribution < 1.29 is 24.0 Å². The van der Waals surface area contributed by atoms with Crippen molar-refractivity contribution in [2.45, 2.75) is 25.9 Å². The van der Waals surface area contributed by atoms with Gasteiger partial charge in [-0.15, -0.1) is 0 Å². The lowest BCUT2D eigenvalue weighted by molar-refractivity contribution is -0.385. The number of nitro groups is 1. The van der Waals surface area contributed by atoms with Crippen molar-refractivity contribution >= 4 is 11.7 Å². The number of hydrogen-bond acceptors (Lipinski definition) is 4. The third-order valence-electron chi connectivity index (χ3n) is 3.86. The second-order valence-electron chi connectivity index (χ2n) is 4.93. The minimum Gasteiger partial charge on any atom is -0.481 e. The number of aliphatic carboxylic acids is 1. The molecule has 2 atom stereocenters. The van der Waals surface area contributed by atoms with Crippen molar-refractivity contribution in [3.8, 4) is 0 Å². The summed E-state index contributed by atoms with van der Waals surface area (Å²) in [5, 5.41) is 20.4. The highest BCUT2D eigenvalue weighted by Crippen LogP contribution is 2.40. The lowest BCUT2D eigenvalue weighted by Gasteiger charge is -2.27. The van der Waals surface area contributed by atoms with Gasteiger partial charge in [-0.05, 0) is 31.9 Å². The van der Waals surface area contributed by atoms with E-state index in [9.17, 15) is 24.4 Å². The van der Waals surface area contributed by atoms with Crippen molar-refractivity contribution in [3.63, 3.8) is 0 Å². The monoisotopic (exact) mass is 283 g/mol. The van der Waals surface area contributed by atoms with E-state index in [1.807, 2.05) is 0 Å². The Bertz CT molecular complexity index is 562. The van der Waals surface area contributed by atoms with Crippen molar-refractivity contribution in [2.75, 3.05) is 6.61 Å². The van der Waals surface area contributed by atoms with E-state index in [4.69, 9.17) is 4.74 Å². The van der Waals surface area contributed by atoms with Gasteiger partial charge >= 0.3 is 5.97 Å². The molecule has 1 saturated heterocycles. The minimum atomic E-state index is -1.25. The number of benzene rings is 1. The fraction of sp³-hybridized carbons (Fsp3) is 0.462. The van der Waals surface area contributed by atoms with Crippen LogP contribution < -0.4 is 0 Å². The van der Waals surface area contributed by atoms with Crippen LogP contribution in [0.1, 0.15) is 18.9 Å². The molecule has 0 aliphatic carbocycles. The van der Waals surface area contributed by atoms with Gasteiger partial charge in [0.25, 0.3) is 5.69 Å². The zero-order valence-corrected chi connectivity index (χ0v) is 10.8. The van der Waals surface area contributed by atoms with Gasteiger partial charge in [0, 0.05) is 18.2 Å². The summed E-state index contributed by atoms with van der Waals surface area (Å²) in [4.78, 5) is 21.9. The first kappa shape index (κ1) is 14.4. The number of rotatable bonds is 4. The zero-order chi connectivity index (χ0) is 14.9. The van der Waals surface area contributed by atoms with E-state index in [0.29, 0.717) is 0 Å². The van der Waals surface area contributed by atoms with Gasteiger partial charge in [0.05, 0.1) is 11.0 Å². The van der Waals surface area contributed by atoms with Crippen molar-refractivity contribution in [2.24, 2.45) is 5.41 Å². The highest BCUT2D eigenvalue weighted by atomic mass is 19.1. The zero-order valence-electron chi connectivity index (χ0n) is 10.8. The van der Waals surface area contributed by atoms with Gasteiger partial charge in [-0.25, -0.2) is 4.39 Å². The second kappa shape index (κ2) is 5.16. The Balaban J connectivity index is 2.44. The predicted molar refractivity (Wildman–Crippen MR) is 66.9 cm³/mol. The number of ether oxygens (including phenoxy) is 1. The molecule has 6 nitrogen and oxygen atoms in total. The number of carbonyl (C=O) groups is 1. The molecule has 0 radical (unpaired) electrons. The predicted octanol–water partition coefficient (Wildman–Crippen LogP) is 2.16. The van der Waals surface area contributed by atoms with E-state index in [-0.39, 0.29) is 30.7 Å². The van der Waals surface area contributed by atoms with Crippen LogP contribution in [0.3, 0.4) is 0 Å². The Morgan fingerprint density at radius 3 is 2.85 bits per heavy atom. The van der Waals surface area contributed by atoms with Gasteiger partial charge in [-0.3, -0.25) is 14.9 Å². The smallest absolute Gasteiger partial charge is 0.312 e. The van der Waals surface area contributed by atoms with Crippen LogP contribution in [0.4, 0.5) is 10.1 Å². The van der Waals surface area contributed by atoms with Gasteiger partial charge in [-0.2, -0.15) is 0 Å². The summed E-state index contributed by atoms with van der Waals surface area (Å²) in [5.41, 5.74) is -1.45. The molecular formula is C13H14FNO5. The lowest BCUT2D eigenvalue weighted by atomic mass is 9.76. The van der Waals surface area contributed by atoms with E-state index < -0.39 is 28.2 Å². The molecule has 2 rings (SSSR count). The van der Waals surface area contributed by atoms with Crippen molar-refractivity contribution in [3.05, 3.63) is 39.7 Å². The molecule has 1 aliphatic heterocycles. The Morgan fingerprint density at radius 1 is 1.65 bits per heavy atom. The van der Waals surface area contributed by atoms with Gasteiger partial charge in [0.1, 0.15) is 11.2 Å². The number of hydrogen-bond donors (Lipinski definition) is 1. The fourth-order valence-electron chi connectivity index (χ4n) is 2.58. The minimum absolute atomic E-state index is 0.0785. The van der Waals surface area contributed by atoms with E-state index in [1.165, 1.54) is 0 Å². The molecule has 7 heteroatoms. The van der Waals surface area contributed by atoms with Crippen LogP contribution in [-0.2, 0) is 16.0 Å². The fourth-order valence-corrected chi connectivity index (χ4v) is 2.58. The first-order valence-corrected chi connectivity index (χ1v) is 6.14. The molecule has 1 heterocycles. The Hall–Kier alpha value is -2.02. The molecule has 1 aromatic rings. The molecule has 20 heavy (non-hydrogen) atoms. The first-order valence-electron chi connectivity index (χ1n) is 6.14. The number of nitrogens with zero attached hydrogens (tertiary/aromatic N) is 1. The van der Waals surface area contributed by atoms with Crippen LogP contribution in [0, 0.1) is 21.3 Å². The third-order valence-corrected chi connectivity index (χ3v) is 3.86. The molecule has 0 bridgehead atoms. The van der Waals surface area contributed by atoms with Crippen LogP contribution in [-0.4, -0.2) is 28.7 Å². The van der Waals surface area contributed by atoms with E-state index in [0.717, 1.165) is 18.2 Å². The van der Waals surface area contributed by atoms with E-state index >= 15 is 0 Å². The summed E-state index contributed by atoms with van der Waals surface area (Å²) in [7, 11) is 0. The van der Waals surface area contributed by atoms with Gasteiger partial charge in [0.2, 0.25) is 0 Å². The van der Waals surface area contributed by atoms with Crippen LogP contribution in [0.5, 0.6) is 0 Å². The first-order chi connectivity index (χ1) is 9.36. The highest BCUT2D eigenvalue weighted by molar-refractivity contribution is 5.76. The second-order valence-corrected chi connectivity index (χ2v) is 4.93. The molecular weight excluding hydrogens is 269 g/mol. The third kappa shape index (κ3) is 2.36. The molecule has 0 amide bonds. The molecule has 0 saturated carbocycles. The number of carboxylic acid groups (broad SMARTS) is 1. The Morgan fingerprint density at radius 2 is 2.35 bits per heavy atom. The Kier molecular flexibility index (Phi) is 3.71. The maximum absolute atomic E-state index is 13.3. The lowest BCUT2D eigenvalue weighted by Crippen LogP contribution is -2.39.